The minimum atomic E-state index is -3.54. The van der Waals surface area contributed by atoms with E-state index in [4.69, 9.17) is 17.3 Å². The topological polar surface area (TPSA) is 117 Å². The van der Waals surface area contributed by atoms with Gasteiger partial charge in [-0.3, -0.25) is 0 Å². The van der Waals surface area contributed by atoms with Gasteiger partial charge in [-0.25, -0.2) is 13.5 Å². The van der Waals surface area contributed by atoms with Gasteiger partial charge in [0.1, 0.15) is 0 Å². The first-order valence-corrected chi connectivity index (χ1v) is 15.7. The largest absolute Gasteiger partial charge is 0.368 e. The van der Waals surface area contributed by atoms with E-state index in [0.29, 0.717) is 5.56 Å². The van der Waals surface area contributed by atoms with Gasteiger partial charge in [0.25, 0.3) is 5.66 Å². The summed E-state index contributed by atoms with van der Waals surface area (Å²) in [6.07, 6.45) is 2.78. The minimum Gasteiger partial charge on any atom is -0.368 e. The Morgan fingerprint density at radius 2 is 1.82 bits per heavy atom. The Morgan fingerprint density at radius 1 is 1.18 bits per heavy atom. The van der Waals surface area contributed by atoms with E-state index in [0.717, 1.165) is 38.9 Å². The summed E-state index contributed by atoms with van der Waals surface area (Å²) in [5, 5.41) is 9.15. The van der Waals surface area contributed by atoms with Gasteiger partial charge in [0, 0.05) is 16.8 Å². The van der Waals surface area contributed by atoms with Crippen LogP contribution in [0.15, 0.2) is 41.3 Å². The first-order chi connectivity index (χ1) is 18.6. The number of aromatic amines is 1. The van der Waals surface area contributed by atoms with Gasteiger partial charge in [0.05, 0.1) is 15.7 Å². The number of hydrogen-bond acceptors (Lipinski definition) is 7. The van der Waals surface area contributed by atoms with Crippen molar-refractivity contribution in [2.24, 2.45) is 11.3 Å². The summed E-state index contributed by atoms with van der Waals surface area (Å²) < 4.78 is 55.8. The van der Waals surface area contributed by atoms with Crippen molar-refractivity contribution in [2.45, 2.75) is 50.6 Å². The fourth-order valence-corrected chi connectivity index (χ4v) is 7.05. The number of nitrogens with zero attached hydrogens (tertiary/aromatic N) is 3. The summed E-state index contributed by atoms with van der Waals surface area (Å²) in [5.74, 6) is 0.330. The van der Waals surface area contributed by atoms with E-state index in [1.807, 2.05) is 0 Å². The number of alkyl halides is 2. The van der Waals surface area contributed by atoms with Crippen LogP contribution in [0.5, 0.6) is 0 Å². The van der Waals surface area contributed by atoms with Crippen LogP contribution in [0.3, 0.4) is 0 Å². The van der Waals surface area contributed by atoms with Crippen LogP contribution in [0.4, 0.5) is 26.4 Å². The molecule has 2 heterocycles. The van der Waals surface area contributed by atoms with Crippen LogP contribution in [-0.4, -0.2) is 53.9 Å². The maximum absolute atomic E-state index is 14.7. The minimum absolute atomic E-state index is 0.0551. The van der Waals surface area contributed by atoms with E-state index in [9.17, 15) is 17.2 Å². The molecule has 0 radical (unpaired) electrons. The predicted molar refractivity (Wildman–Crippen MR) is 160 cm³/mol. The van der Waals surface area contributed by atoms with Crippen molar-refractivity contribution in [3.8, 4) is 11.1 Å². The van der Waals surface area contributed by atoms with Crippen molar-refractivity contribution in [1.82, 2.24) is 20.1 Å². The number of piperidine rings is 1. The average molecular weight is 613 g/mol. The zero-order chi connectivity index (χ0) is 29.3. The van der Waals surface area contributed by atoms with Crippen LogP contribution in [0.1, 0.15) is 45.6 Å². The van der Waals surface area contributed by atoms with Crippen molar-refractivity contribution in [1.29, 1.82) is 0 Å². The summed E-state index contributed by atoms with van der Waals surface area (Å²) >= 11 is 6.49. The van der Waals surface area contributed by atoms with E-state index in [1.54, 1.807) is 0 Å². The second-order valence-corrected chi connectivity index (χ2v) is 14.7. The van der Waals surface area contributed by atoms with Crippen LogP contribution in [0.2, 0.25) is 5.02 Å². The number of aromatic nitrogens is 3. The fraction of sp³-hybridized carbons (Fsp3) is 0.481. The van der Waals surface area contributed by atoms with Gasteiger partial charge in [-0.05, 0) is 80.1 Å². The van der Waals surface area contributed by atoms with Gasteiger partial charge in [-0.2, -0.15) is 13.8 Å². The molecule has 0 spiro atoms. The molecule has 3 aromatic rings. The number of benzene rings is 2. The van der Waals surface area contributed by atoms with Gasteiger partial charge in [0.2, 0.25) is 11.9 Å². The Hall–Kier alpha value is -2.33. The van der Waals surface area contributed by atoms with Gasteiger partial charge >= 0.3 is 0 Å². The summed E-state index contributed by atoms with van der Waals surface area (Å²) in [6, 6.07) is 8.69. The lowest BCUT2D eigenvalue weighted by Gasteiger charge is -2.33. The lowest BCUT2D eigenvalue weighted by Crippen LogP contribution is -2.37. The molecular weight excluding hydrogens is 577 g/mol. The smallest absolute Gasteiger partial charge is 0.284 e. The Labute approximate surface area is 241 Å². The lowest BCUT2D eigenvalue weighted by atomic mass is 9.91. The number of nitrogens with two attached hydrogens (primary N) is 1. The summed E-state index contributed by atoms with van der Waals surface area (Å²) in [7, 11) is -2.02. The maximum Gasteiger partial charge on any atom is 0.284 e. The highest BCUT2D eigenvalue weighted by atomic mass is 35.5. The number of nitrogens with one attached hydrogen (secondary N) is 2. The van der Waals surface area contributed by atoms with Crippen LogP contribution in [0, 0.1) is 11.3 Å². The molecule has 0 amide bonds. The van der Waals surface area contributed by atoms with Crippen molar-refractivity contribution in [2.75, 3.05) is 36.4 Å². The van der Waals surface area contributed by atoms with Crippen molar-refractivity contribution in [3.63, 3.8) is 0 Å². The lowest BCUT2D eigenvalue weighted by molar-refractivity contribution is 0.104. The molecule has 1 atom stereocenters. The molecule has 4 N–H and O–H groups in total. The number of likely N-dealkylation sites (tertiary alicyclic amines) is 1. The van der Waals surface area contributed by atoms with Gasteiger partial charge < -0.3 is 16.0 Å². The molecular formula is C27H36ClF2N6O2PS. The Bertz CT molecular complexity index is 1430. The van der Waals surface area contributed by atoms with Gasteiger partial charge in [-0.15, -0.1) is 5.10 Å². The number of anilines is 3. The van der Waals surface area contributed by atoms with Crippen molar-refractivity contribution >= 4 is 48.3 Å². The highest BCUT2D eigenvalue weighted by molar-refractivity contribution is 7.91. The molecule has 1 aromatic heterocycles. The molecule has 0 saturated carbocycles. The maximum atomic E-state index is 14.7. The number of rotatable bonds is 9. The zero-order valence-electron chi connectivity index (χ0n) is 22.8. The molecule has 1 fully saturated rings. The zero-order valence-corrected chi connectivity index (χ0v) is 25.6. The Kier molecular flexibility index (Phi) is 9.10. The molecule has 1 saturated heterocycles. The Balaban J connectivity index is 1.49. The second-order valence-electron chi connectivity index (χ2n) is 11.6. The third-order valence-electron chi connectivity index (χ3n) is 7.05. The van der Waals surface area contributed by atoms with E-state index >= 15 is 0 Å². The molecule has 0 bridgehead atoms. The number of halogens is 3. The normalized spacial score (nSPS) is 15.9. The number of sulfone groups is 1. The molecule has 0 aliphatic carbocycles. The molecule has 2 aromatic carbocycles. The number of nitrogen functional groups attached to an aromatic ring is 1. The van der Waals surface area contributed by atoms with E-state index in [1.165, 1.54) is 45.6 Å². The average Bonchev–Trinajstić information content (AvgIpc) is 3.26. The quantitative estimate of drug-likeness (QED) is 0.243. The van der Waals surface area contributed by atoms with Crippen molar-refractivity contribution in [3.05, 3.63) is 47.0 Å². The van der Waals surface area contributed by atoms with Crippen LogP contribution in [-0.2, 0) is 15.5 Å². The van der Waals surface area contributed by atoms with E-state index in [2.05, 4.69) is 46.2 Å². The standard InChI is InChI=1S/C27H36ClF2N6O2PS/c1-26(2,3)10-13-36-11-8-17(9-12-36)16-40(37,38)20-6-4-18(5-7-20)23-21(27(29,30)39)14-19(15-22(23)28)32-25-33-24(31)34-35-25/h4-7,14-15,17H,8-13,16,39H2,1-3H3,(H4,31,32,33,34,35). The molecule has 4 rings (SSSR count). The second kappa shape index (κ2) is 11.9. The predicted octanol–water partition coefficient (Wildman–Crippen LogP) is 6.30. The van der Waals surface area contributed by atoms with E-state index < -0.39 is 15.5 Å². The highest BCUT2D eigenvalue weighted by Crippen LogP contribution is 2.45. The molecule has 1 aliphatic rings. The molecule has 40 heavy (non-hydrogen) atoms. The molecule has 1 unspecified atom stereocenters. The number of H-pyrrole nitrogens is 1. The van der Waals surface area contributed by atoms with Crippen LogP contribution < -0.4 is 11.1 Å². The molecule has 13 heteroatoms. The van der Waals surface area contributed by atoms with E-state index in [-0.39, 0.29) is 55.7 Å². The van der Waals surface area contributed by atoms with Gasteiger partial charge in [0.15, 0.2) is 9.84 Å². The van der Waals surface area contributed by atoms with Gasteiger partial charge in [-0.1, -0.05) is 53.7 Å². The first kappa shape index (κ1) is 30.6. The Morgan fingerprint density at radius 3 is 2.38 bits per heavy atom. The summed E-state index contributed by atoms with van der Waals surface area (Å²) in [6.45, 7) is 9.49. The molecule has 218 valence electrons. The molecule has 1 aliphatic heterocycles. The third kappa shape index (κ3) is 7.90. The third-order valence-corrected chi connectivity index (χ3v) is 9.56. The monoisotopic (exact) mass is 612 g/mol. The molecule has 8 nitrogen and oxygen atoms in total. The summed E-state index contributed by atoms with van der Waals surface area (Å²) in [5.41, 5.74) is 2.85. The van der Waals surface area contributed by atoms with Crippen LogP contribution in [0.25, 0.3) is 11.1 Å². The summed E-state index contributed by atoms with van der Waals surface area (Å²) in [4.78, 5) is 6.49. The highest BCUT2D eigenvalue weighted by Gasteiger charge is 2.31. The van der Waals surface area contributed by atoms with Crippen molar-refractivity contribution < 1.29 is 17.2 Å². The first-order valence-electron chi connectivity index (χ1n) is 13.1. The van der Waals surface area contributed by atoms with Crippen LogP contribution >= 0.6 is 20.8 Å². The SMILES string of the molecule is CC(C)(C)CCN1CCC(CS(=O)(=O)c2ccc(-c3c(Cl)cc(Nc4n[nH]c(N)n4)cc3C(F)(F)P)cc2)CC1. The number of hydrogen-bond donors (Lipinski definition) is 3. The fourth-order valence-electron chi connectivity index (χ4n) is 4.80.